The number of halogens is 1. The maximum absolute atomic E-state index is 13.2. The lowest BCUT2D eigenvalue weighted by Crippen LogP contribution is -2.32. The molecular weight excluding hydrogens is 245 g/mol. The average Bonchev–Trinajstić information content (AvgIpc) is 2.45. The molecule has 0 radical (unpaired) electrons. The van der Waals surface area contributed by atoms with Gasteiger partial charge >= 0.3 is 0 Å². The molecule has 3 nitrogen and oxygen atoms in total. The molecule has 4 heteroatoms. The molecule has 0 atom stereocenters. The van der Waals surface area contributed by atoms with Crippen LogP contribution in [0.1, 0.15) is 19.3 Å². The average molecular weight is 267 g/mol. The minimum atomic E-state index is -0.323. The van der Waals surface area contributed by atoms with Crippen LogP contribution in [-0.4, -0.2) is 44.4 Å². The van der Waals surface area contributed by atoms with Crippen molar-refractivity contribution in [1.29, 1.82) is 0 Å². The zero-order valence-corrected chi connectivity index (χ0v) is 11.3. The first-order chi connectivity index (χ1) is 9.36. The molecule has 0 aliphatic carbocycles. The molecule has 1 aliphatic rings. The van der Waals surface area contributed by atoms with Crippen molar-refractivity contribution in [2.24, 2.45) is 0 Å². The van der Waals surface area contributed by atoms with Crippen LogP contribution < -0.4 is 4.74 Å². The Morgan fingerprint density at radius 3 is 2.58 bits per heavy atom. The summed E-state index contributed by atoms with van der Waals surface area (Å²) in [7, 11) is 0. The molecule has 19 heavy (non-hydrogen) atoms. The van der Waals surface area contributed by atoms with E-state index < -0.39 is 0 Å². The highest BCUT2D eigenvalue weighted by Gasteiger charge is 2.09. The molecule has 0 saturated carbocycles. The number of benzene rings is 1. The summed E-state index contributed by atoms with van der Waals surface area (Å²) in [4.78, 5) is 2.43. The van der Waals surface area contributed by atoms with Gasteiger partial charge in [0.05, 0.1) is 13.2 Å². The smallest absolute Gasteiger partial charge is 0.165 e. The van der Waals surface area contributed by atoms with Crippen LogP contribution in [0.25, 0.3) is 0 Å². The van der Waals surface area contributed by atoms with Crippen molar-refractivity contribution in [3.05, 3.63) is 30.1 Å². The molecule has 1 aromatic rings. The third kappa shape index (κ3) is 5.17. The van der Waals surface area contributed by atoms with Gasteiger partial charge in [-0.25, -0.2) is 4.39 Å². The van der Waals surface area contributed by atoms with Gasteiger partial charge in [-0.3, -0.25) is 0 Å². The molecule has 0 amide bonds. The van der Waals surface area contributed by atoms with Crippen molar-refractivity contribution in [3.8, 4) is 5.75 Å². The molecule has 0 aromatic heterocycles. The van der Waals surface area contributed by atoms with Crippen molar-refractivity contribution < 1.29 is 13.9 Å². The lowest BCUT2D eigenvalue weighted by molar-refractivity contribution is 0.0742. The van der Waals surface area contributed by atoms with Gasteiger partial charge in [0, 0.05) is 6.54 Å². The van der Waals surface area contributed by atoms with Crippen LogP contribution in [-0.2, 0) is 4.74 Å². The van der Waals surface area contributed by atoms with E-state index in [1.54, 1.807) is 18.2 Å². The fraction of sp³-hybridized carbons (Fsp3) is 0.600. The highest BCUT2D eigenvalue weighted by Crippen LogP contribution is 2.14. The van der Waals surface area contributed by atoms with Crippen molar-refractivity contribution >= 4 is 0 Å². The largest absolute Gasteiger partial charge is 0.488 e. The lowest BCUT2D eigenvalue weighted by atomic mass is 10.1. The Bertz CT molecular complexity index is 367. The minimum Gasteiger partial charge on any atom is -0.488 e. The van der Waals surface area contributed by atoms with E-state index in [0.29, 0.717) is 19.0 Å². The van der Waals surface area contributed by atoms with Crippen LogP contribution in [0.3, 0.4) is 0 Å². The van der Waals surface area contributed by atoms with Crippen molar-refractivity contribution in [3.63, 3.8) is 0 Å². The van der Waals surface area contributed by atoms with E-state index >= 15 is 0 Å². The van der Waals surface area contributed by atoms with E-state index in [0.717, 1.165) is 13.2 Å². The number of hydrogen-bond donors (Lipinski definition) is 0. The predicted molar refractivity (Wildman–Crippen MR) is 73.0 cm³/mol. The monoisotopic (exact) mass is 267 g/mol. The maximum atomic E-state index is 13.2. The molecule has 0 unspecified atom stereocenters. The molecule has 2 rings (SSSR count). The summed E-state index contributed by atoms with van der Waals surface area (Å²) in [5.74, 6) is -0.0297. The van der Waals surface area contributed by atoms with Gasteiger partial charge < -0.3 is 14.4 Å². The second-order valence-corrected chi connectivity index (χ2v) is 4.79. The Labute approximate surface area is 114 Å². The van der Waals surface area contributed by atoms with Gasteiger partial charge in [-0.2, -0.15) is 0 Å². The van der Waals surface area contributed by atoms with Gasteiger partial charge in [0.25, 0.3) is 0 Å². The fourth-order valence-electron chi connectivity index (χ4n) is 2.25. The molecule has 1 fully saturated rings. The Hall–Kier alpha value is -1.13. The van der Waals surface area contributed by atoms with E-state index in [1.165, 1.54) is 38.4 Å². The first kappa shape index (κ1) is 14.3. The number of hydrogen-bond acceptors (Lipinski definition) is 3. The van der Waals surface area contributed by atoms with E-state index in [-0.39, 0.29) is 5.82 Å². The van der Waals surface area contributed by atoms with E-state index in [9.17, 15) is 4.39 Å². The van der Waals surface area contributed by atoms with Gasteiger partial charge in [0.1, 0.15) is 6.61 Å². The van der Waals surface area contributed by atoms with Gasteiger partial charge in [0.15, 0.2) is 11.6 Å². The molecule has 0 spiro atoms. The summed E-state index contributed by atoms with van der Waals surface area (Å²) in [5.41, 5.74) is 0. The third-order valence-electron chi connectivity index (χ3n) is 3.32. The van der Waals surface area contributed by atoms with Crippen LogP contribution in [0.2, 0.25) is 0 Å². The SMILES string of the molecule is Fc1ccccc1OCCOCCN1CCCCC1. The van der Waals surface area contributed by atoms with Gasteiger partial charge in [-0.15, -0.1) is 0 Å². The van der Waals surface area contributed by atoms with Crippen LogP contribution in [0.15, 0.2) is 24.3 Å². The maximum Gasteiger partial charge on any atom is 0.165 e. The Kier molecular flexibility index (Phi) is 6.11. The highest BCUT2D eigenvalue weighted by molar-refractivity contribution is 5.23. The molecule has 0 N–H and O–H groups in total. The molecular formula is C15H22FNO2. The quantitative estimate of drug-likeness (QED) is 0.709. The lowest BCUT2D eigenvalue weighted by Gasteiger charge is -2.26. The first-order valence-electron chi connectivity index (χ1n) is 7.04. The molecule has 106 valence electrons. The van der Waals surface area contributed by atoms with Crippen LogP contribution in [0.5, 0.6) is 5.75 Å². The van der Waals surface area contributed by atoms with Crippen LogP contribution in [0.4, 0.5) is 4.39 Å². The number of para-hydroxylation sites is 1. The van der Waals surface area contributed by atoms with Gasteiger partial charge in [-0.1, -0.05) is 18.6 Å². The van der Waals surface area contributed by atoms with Gasteiger partial charge in [-0.05, 0) is 38.1 Å². The third-order valence-corrected chi connectivity index (χ3v) is 3.32. The van der Waals surface area contributed by atoms with Crippen molar-refractivity contribution in [2.45, 2.75) is 19.3 Å². The highest BCUT2D eigenvalue weighted by atomic mass is 19.1. The summed E-state index contributed by atoms with van der Waals surface area (Å²) in [6.07, 6.45) is 3.96. The summed E-state index contributed by atoms with van der Waals surface area (Å²) in [5, 5.41) is 0. The number of ether oxygens (including phenoxy) is 2. The number of likely N-dealkylation sites (tertiary alicyclic amines) is 1. The molecule has 1 aromatic carbocycles. The second-order valence-electron chi connectivity index (χ2n) is 4.79. The second kappa shape index (κ2) is 8.12. The van der Waals surface area contributed by atoms with Gasteiger partial charge in [0.2, 0.25) is 0 Å². The molecule has 0 bridgehead atoms. The van der Waals surface area contributed by atoms with Crippen LogP contribution in [0, 0.1) is 5.82 Å². The number of rotatable bonds is 7. The summed E-state index contributed by atoms with van der Waals surface area (Å²) in [6, 6.07) is 6.43. The van der Waals surface area contributed by atoms with E-state index in [1.807, 2.05) is 0 Å². The Morgan fingerprint density at radius 1 is 1.00 bits per heavy atom. The van der Waals surface area contributed by atoms with E-state index in [2.05, 4.69) is 4.90 Å². The normalized spacial score (nSPS) is 16.5. The zero-order chi connectivity index (χ0) is 13.3. The topological polar surface area (TPSA) is 21.7 Å². The zero-order valence-electron chi connectivity index (χ0n) is 11.3. The minimum absolute atomic E-state index is 0.294. The summed E-state index contributed by atoms with van der Waals surface area (Å²) >= 11 is 0. The molecule has 1 heterocycles. The standard InChI is InChI=1S/C15H22FNO2/c16-14-6-2-3-7-15(14)19-13-12-18-11-10-17-8-4-1-5-9-17/h2-3,6-7H,1,4-5,8-13H2. The number of nitrogens with zero attached hydrogens (tertiary/aromatic N) is 1. The predicted octanol–water partition coefficient (Wildman–Crippen LogP) is 2.71. The molecule has 1 aliphatic heterocycles. The van der Waals surface area contributed by atoms with Crippen molar-refractivity contribution in [1.82, 2.24) is 4.90 Å². The number of piperidine rings is 1. The fourth-order valence-corrected chi connectivity index (χ4v) is 2.25. The summed E-state index contributed by atoms with van der Waals surface area (Å²) < 4.78 is 24.1. The van der Waals surface area contributed by atoms with E-state index in [4.69, 9.17) is 9.47 Å². The Balaban J connectivity index is 1.51. The summed E-state index contributed by atoms with van der Waals surface area (Å²) in [6.45, 7) is 4.98. The van der Waals surface area contributed by atoms with Crippen LogP contribution >= 0.6 is 0 Å². The first-order valence-corrected chi connectivity index (χ1v) is 7.04. The van der Waals surface area contributed by atoms with Crippen molar-refractivity contribution in [2.75, 3.05) is 39.5 Å². The Morgan fingerprint density at radius 2 is 1.79 bits per heavy atom. The molecule has 1 saturated heterocycles.